The molecule has 3 rings (SSSR count). The van der Waals surface area contributed by atoms with Crippen LogP contribution in [0.5, 0.6) is 0 Å². The molecule has 3 amide bonds. The molecule has 2 aromatic heterocycles. The Morgan fingerprint density at radius 3 is 2.29 bits per heavy atom. The minimum atomic E-state index is -0.882. The number of nitrogens with one attached hydrogen (secondary N) is 3. The number of urea groups is 1. The molecule has 0 aliphatic rings. The van der Waals surface area contributed by atoms with Gasteiger partial charge in [-0.05, 0) is 12.5 Å². The van der Waals surface area contributed by atoms with Crippen LogP contribution in [0.4, 0.5) is 15.4 Å². The molecule has 0 aliphatic heterocycles. The molecule has 0 spiro atoms. The molecule has 10 heteroatoms. The first-order valence-electron chi connectivity index (χ1n) is 9.16. The fourth-order valence-electron chi connectivity index (χ4n) is 2.93. The number of carbonyl (C=O) groups is 3. The lowest BCUT2D eigenvalue weighted by atomic mass is 10.0. The summed E-state index contributed by atoms with van der Waals surface area (Å²) in [7, 11) is 1.27. The minimum absolute atomic E-state index is 0. The van der Waals surface area contributed by atoms with Gasteiger partial charge in [-0.1, -0.05) is 36.4 Å². The van der Waals surface area contributed by atoms with Crippen LogP contribution < -0.4 is 27.6 Å². The van der Waals surface area contributed by atoms with Gasteiger partial charge in [0.25, 0.3) is 5.69 Å². The number of amides is 3. The number of halogens is 1. The van der Waals surface area contributed by atoms with Gasteiger partial charge in [0.05, 0.1) is 19.3 Å². The van der Waals surface area contributed by atoms with E-state index in [0.717, 1.165) is 5.56 Å². The zero-order valence-corrected chi connectivity index (χ0v) is 17.6. The van der Waals surface area contributed by atoms with Crippen molar-refractivity contribution in [3.05, 3.63) is 66.6 Å². The molecule has 3 N–H and O–H groups in total. The third-order valence-electron chi connectivity index (χ3n) is 4.13. The molecule has 0 bridgehead atoms. The van der Waals surface area contributed by atoms with E-state index in [-0.39, 0.29) is 30.5 Å². The summed E-state index contributed by atoms with van der Waals surface area (Å²) >= 11 is 0. The fourth-order valence-corrected chi connectivity index (χ4v) is 2.93. The number of methoxy groups -OCH3 is 1. The number of anilines is 1. The van der Waals surface area contributed by atoms with E-state index in [9.17, 15) is 14.4 Å². The van der Waals surface area contributed by atoms with E-state index in [1.165, 1.54) is 7.11 Å². The second kappa shape index (κ2) is 10.8. The number of esters is 1. The number of alkyl carbamates (subject to hydrolysis) is 1. The van der Waals surface area contributed by atoms with Crippen LogP contribution in [0.2, 0.25) is 0 Å². The number of carbonyl (C=O) groups excluding carboxylic acids is 3. The van der Waals surface area contributed by atoms with E-state index in [4.69, 9.17) is 9.47 Å². The van der Waals surface area contributed by atoms with Crippen LogP contribution in [-0.4, -0.2) is 36.8 Å². The molecule has 0 fully saturated rings. The summed E-state index contributed by atoms with van der Waals surface area (Å²) < 4.78 is 11.4. The van der Waals surface area contributed by atoms with Crippen molar-refractivity contribution in [1.29, 1.82) is 0 Å². The van der Waals surface area contributed by atoms with Crippen molar-refractivity contribution in [3.8, 4) is 16.8 Å². The van der Waals surface area contributed by atoms with Crippen LogP contribution in [0, 0.1) is 0 Å². The maximum absolute atomic E-state index is 12.5. The third-order valence-corrected chi connectivity index (χ3v) is 4.13. The van der Waals surface area contributed by atoms with Crippen LogP contribution in [-0.2, 0) is 9.47 Å². The number of nitrogens with zero attached hydrogens (tertiary/aromatic N) is 1. The van der Waals surface area contributed by atoms with Gasteiger partial charge >= 0.3 is 18.1 Å². The Hall–Kier alpha value is -3.85. The van der Waals surface area contributed by atoms with E-state index >= 15 is 0 Å². The van der Waals surface area contributed by atoms with Gasteiger partial charge in [-0.25, -0.2) is 19.7 Å². The second-order valence-electron chi connectivity index (χ2n) is 6.04. The summed E-state index contributed by atoms with van der Waals surface area (Å²) in [6, 6.07) is 13.8. The Balaban J connectivity index is 0.00000341. The lowest BCUT2D eigenvalue weighted by molar-refractivity contribution is -0.594. The Morgan fingerprint density at radius 2 is 1.68 bits per heavy atom. The van der Waals surface area contributed by atoms with Gasteiger partial charge in [0.15, 0.2) is 18.2 Å². The lowest BCUT2D eigenvalue weighted by Gasteiger charge is -2.06. The first-order chi connectivity index (χ1) is 14.5. The number of ether oxygens (including phenoxy) is 2. The molecular weight excluding hydrogens is 424 g/mol. The van der Waals surface area contributed by atoms with Gasteiger partial charge in [0.1, 0.15) is 5.69 Å². The molecule has 31 heavy (non-hydrogen) atoms. The molecule has 162 valence electrons. The number of imide groups is 1. The smallest absolute Gasteiger partial charge is 0.415 e. The average Bonchev–Trinajstić information content (AvgIpc) is 3.13. The van der Waals surface area contributed by atoms with Crippen LogP contribution in [0.1, 0.15) is 17.4 Å². The number of aromatic amines is 1. The summed E-state index contributed by atoms with van der Waals surface area (Å²) in [4.78, 5) is 39.3. The highest BCUT2D eigenvalue weighted by molar-refractivity contribution is 6.04. The van der Waals surface area contributed by atoms with Gasteiger partial charge in [-0.2, -0.15) is 4.57 Å². The second-order valence-corrected chi connectivity index (χ2v) is 6.04. The van der Waals surface area contributed by atoms with E-state index in [1.807, 2.05) is 48.5 Å². The number of hydrogen-bond donors (Lipinski definition) is 3. The quantitative estimate of drug-likeness (QED) is 0.379. The van der Waals surface area contributed by atoms with Crippen molar-refractivity contribution in [2.45, 2.75) is 6.92 Å². The predicted octanol–water partition coefficient (Wildman–Crippen LogP) is 0.0270. The predicted molar refractivity (Wildman–Crippen MR) is 108 cm³/mol. The molecule has 0 atom stereocenters. The van der Waals surface area contributed by atoms with Gasteiger partial charge in [0.2, 0.25) is 0 Å². The maximum Gasteiger partial charge on any atom is 0.415 e. The highest BCUT2D eigenvalue weighted by Gasteiger charge is 2.31. The molecule has 0 saturated carbocycles. The molecule has 3 aromatic rings. The number of pyridine rings is 1. The van der Waals surface area contributed by atoms with E-state index < -0.39 is 18.1 Å². The Kier molecular flexibility index (Phi) is 8.16. The Labute approximate surface area is 184 Å². The van der Waals surface area contributed by atoms with Crippen molar-refractivity contribution in [2.75, 3.05) is 19.0 Å². The van der Waals surface area contributed by atoms with Crippen LogP contribution in [0.25, 0.3) is 16.8 Å². The Morgan fingerprint density at radius 1 is 1.03 bits per heavy atom. The molecule has 9 nitrogen and oxygen atoms in total. The van der Waals surface area contributed by atoms with Gasteiger partial charge in [-0.3, -0.25) is 5.32 Å². The fraction of sp³-hybridized carbons (Fsp3) is 0.143. The normalized spacial score (nSPS) is 9.87. The summed E-state index contributed by atoms with van der Waals surface area (Å²) in [6.07, 6.45) is 2.66. The third kappa shape index (κ3) is 5.40. The summed E-state index contributed by atoms with van der Waals surface area (Å²) in [5.41, 5.74) is 1.92. The standard InChI is InChI=1S/C21H20N4O5.ClH/c1-3-30-21(28)24-20(27)23-18-17(25-12-8-5-9-13-25)15(14-10-6-4-7-11-14)16(22-18)19(26)29-2;/h4-13H,3H2,1-2H3,(H2-,22,23,24,26,27,28);1H. The molecule has 0 aliphatic carbocycles. The van der Waals surface area contributed by atoms with Crippen molar-refractivity contribution >= 4 is 23.9 Å². The largest absolute Gasteiger partial charge is 1.00 e. The van der Waals surface area contributed by atoms with E-state index in [1.54, 1.807) is 23.9 Å². The van der Waals surface area contributed by atoms with Crippen molar-refractivity contribution in [2.24, 2.45) is 0 Å². The van der Waals surface area contributed by atoms with Gasteiger partial charge < -0.3 is 26.9 Å². The molecular formula is C21H21ClN4O5. The van der Waals surface area contributed by atoms with E-state index in [2.05, 4.69) is 15.6 Å². The highest BCUT2D eigenvalue weighted by Crippen LogP contribution is 2.34. The van der Waals surface area contributed by atoms with Crippen molar-refractivity contribution < 1.29 is 40.8 Å². The van der Waals surface area contributed by atoms with Crippen molar-refractivity contribution in [1.82, 2.24) is 10.3 Å². The number of hydrogen-bond acceptors (Lipinski definition) is 5. The molecule has 0 radical (unpaired) electrons. The molecule has 0 saturated heterocycles. The summed E-state index contributed by atoms with van der Waals surface area (Å²) in [6.45, 7) is 1.75. The zero-order chi connectivity index (χ0) is 21.5. The first-order valence-corrected chi connectivity index (χ1v) is 9.16. The van der Waals surface area contributed by atoms with Crippen LogP contribution in [0.3, 0.4) is 0 Å². The number of H-pyrrole nitrogens is 1. The number of rotatable bonds is 5. The van der Waals surface area contributed by atoms with Gasteiger partial charge in [0, 0.05) is 12.1 Å². The molecule has 1 aromatic carbocycles. The summed E-state index contributed by atoms with van der Waals surface area (Å²) in [5.74, 6) is -0.405. The van der Waals surface area contributed by atoms with Crippen molar-refractivity contribution in [3.63, 3.8) is 0 Å². The first kappa shape index (κ1) is 23.4. The minimum Gasteiger partial charge on any atom is -1.00 e. The van der Waals surface area contributed by atoms with Crippen LogP contribution >= 0.6 is 0 Å². The SMILES string of the molecule is CCOC(=O)NC(=O)Nc1[nH]c(C(=O)OC)c(-c2ccccc2)c1-[n+]1ccccc1.[Cl-]. The Bertz CT molecular complexity index is 1050. The monoisotopic (exact) mass is 444 g/mol. The maximum atomic E-state index is 12.5. The number of aromatic nitrogens is 2. The highest BCUT2D eigenvalue weighted by atomic mass is 35.5. The van der Waals surface area contributed by atoms with E-state index in [0.29, 0.717) is 11.3 Å². The summed E-state index contributed by atoms with van der Waals surface area (Å²) in [5, 5.41) is 4.64. The number of benzene rings is 1. The lowest BCUT2D eigenvalue weighted by Crippen LogP contribution is -3.00. The average molecular weight is 445 g/mol. The zero-order valence-electron chi connectivity index (χ0n) is 16.8. The molecule has 2 heterocycles. The molecule has 0 unspecified atom stereocenters. The van der Waals surface area contributed by atoms with Crippen LogP contribution in [0.15, 0.2) is 60.9 Å². The van der Waals surface area contributed by atoms with Gasteiger partial charge in [-0.15, -0.1) is 0 Å². The topological polar surface area (TPSA) is 113 Å².